The van der Waals surface area contributed by atoms with E-state index < -0.39 is 15.8 Å². The largest absolute Gasteiger partial charge is 0.295 e. The van der Waals surface area contributed by atoms with Gasteiger partial charge in [-0.15, -0.1) is 0 Å². The summed E-state index contributed by atoms with van der Waals surface area (Å²) in [6, 6.07) is 43.2. The molecule has 0 heterocycles. The fourth-order valence-electron chi connectivity index (χ4n) is 3.73. The molecule has 0 aliphatic rings. The zero-order valence-corrected chi connectivity index (χ0v) is 21.1. The first-order valence-electron chi connectivity index (χ1n) is 11.6. The molecule has 0 aromatic heterocycles. The molecule has 4 aromatic rings. The van der Waals surface area contributed by atoms with Crippen LogP contribution in [0.1, 0.15) is 0 Å². The summed E-state index contributed by atoms with van der Waals surface area (Å²) in [6.07, 6.45) is 6.12. The van der Waals surface area contributed by atoms with E-state index in [0.717, 1.165) is 25.4 Å². The van der Waals surface area contributed by atoms with Gasteiger partial charge in [0.25, 0.3) is 0 Å². The van der Waals surface area contributed by atoms with Gasteiger partial charge in [-0.25, -0.2) is 0 Å². The lowest BCUT2D eigenvalue weighted by molar-refractivity contribution is 0.983. The van der Waals surface area contributed by atoms with E-state index in [-0.39, 0.29) is 0 Å². The first-order chi connectivity index (χ1) is 16.9. The van der Waals surface area contributed by atoms with Gasteiger partial charge in [-0.3, -0.25) is 9.98 Å². The van der Waals surface area contributed by atoms with Crippen LogP contribution in [0.2, 0.25) is 0 Å². The van der Waals surface area contributed by atoms with Crippen LogP contribution in [-0.2, 0) is 0 Å². The summed E-state index contributed by atoms with van der Waals surface area (Å²) in [5.41, 5.74) is 0. The number of benzene rings is 4. The number of hydrogen-bond acceptors (Lipinski definition) is 2. The molecule has 0 fully saturated rings. The highest BCUT2D eigenvalue weighted by Gasteiger charge is 2.12. The molecule has 0 aliphatic carbocycles. The minimum absolute atomic E-state index is 0.424. The van der Waals surface area contributed by atoms with E-state index in [2.05, 4.69) is 144 Å². The number of rotatable bonds is 11. The predicted molar refractivity (Wildman–Crippen MR) is 155 cm³/mol. The Balaban J connectivity index is 1.30. The van der Waals surface area contributed by atoms with Crippen molar-refractivity contribution in [2.45, 2.75) is 0 Å². The van der Waals surface area contributed by atoms with Gasteiger partial charge in [0.1, 0.15) is 0 Å². The minimum Gasteiger partial charge on any atom is -0.295 e. The molecular formula is C30H30N2P2. The summed E-state index contributed by atoms with van der Waals surface area (Å²) >= 11 is 0. The summed E-state index contributed by atoms with van der Waals surface area (Å²) in [5.74, 6) is 0. The molecule has 0 amide bonds. The van der Waals surface area contributed by atoms with Gasteiger partial charge in [0, 0.05) is 24.8 Å². The quantitative estimate of drug-likeness (QED) is 0.156. The summed E-state index contributed by atoms with van der Waals surface area (Å²) in [5, 5.41) is 5.57. The molecular weight excluding hydrogens is 450 g/mol. The van der Waals surface area contributed by atoms with Gasteiger partial charge < -0.3 is 0 Å². The van der Waals surface area contributed by atoms with Gasteiger partial charge in [-0.2, -0.15) is 0 Å². The zero-order valence-electron chi connectivity index (χ0n) is 19.3. The van der Waals surface area contributed by atoms with Crippen LogP contribution in [0.25, 0.3) is 0 Å². The molecule has 0 saturated carbocycles. The number of hydrogen-bond donors (Lipinski definition) is 0. The van der Waals surface area contributed by atoms with Gasteiger partial charge in [0.2, 0.25) is 0 Å². The zero-order chi connectivity index (χ0) is 23.3. The van der Waals surface area contributed by atoms with Crippen molar-refractivity contribution in [3.8, 4) is 0 Å². The highest BCUT2D eigenvalue weighted by molar-refractivity contribution is 7.74. The molecule has 0 unspecified atom stereocenters. The SMILES string of the molecule is C(CP(c1ccccc1)c1ccccc1)=NCCN=CCP(c1ccccc1)c1ccccc1. The van der Waals surface area contributed by atoms with Crippen LogP contribution in [-0.4, -0.2) is 37.8 Å². The first-order valence-corrected chi connectivity index (χ1v) is 14.7. The topological polar surface area (TPSA) is 24.7 Å². The van der Waals surface area contributed by atoms with Crippen LogP contribution in [0.3, 0.4) is 0 Å². The lowest BCUT2D eigenvalue weighted by Crippen LogP contribution is -2.14. The summed E-state index contributed by atoms with van der Waals surface area (Å²) in [7, 11) is -0.848. The minimum atomic E-state index is -0.424. The Morgan fingerprint density at radius 1 is 0.412 bits per heavy atom. The van der Waals surface area contributed by atoms with Crippen molar-refractivity contribution >= 4 is 49.5 Å². The average Bonchev–Trinajstić information content (AvgIpc) is 2.92. The predicted octanol–water partition coefficient (Wildman–Crippen LogP) is 5.39. The van der Waals surface area contributed by atoms with Crippen LogP contribution >= 0.6 is 15.8 Å². The maximum absolute atomic E-state index is 4.68. The highest BCUT2D eigenvalue weighted by atomic mass is 31.1. The van der Waals surface area contributed by atoms with Crippen molar-refractivity contribution in [3.05, 3.63) is 121 Å². The van der Waals surface area contributed by atoms with E-state index in [9.17, 15) is 0 Å². The van der Waals surface area contributed by atoms with Crippen LogP contribution in [0.5, 0.6) is 0 Å². The molecule has 0 atom stereocenters. The Morgan fingerprint density at radius 3 is 0.941 bits per heavy atom. The maximum Gasteiger partial charge on any atom is 0.0581 e. The van der Waals surface area contributed by atoms with Crippen LogP contribution in [0, 0.1) is 0 Å². The highest BCUT2D eigenvalue weighted by Crippen LogP contribution is 2.33. The summed E-state index contributed by atoms with van der Waals surface area (Å²) in [4.78, 5) is 9.36. The Hall–Kier alpha value is -2.92. The summed E-state index contributed by atoms with van der Waals surface area (Å²) in [6.45, 7) is 1.47. The molecule has 170 valence electrons. The van der Waals surface area contributed by atoms with Gasteiger partial charge in [-0.1, -0.05) is 121 Å². The molecule has 0 spiro atoms. The van der Waals surface area contributed by atoms with E-state index in [1.807, 2.05) is 0 Å². The Bertz CT molecular complexity index is 974. The lowest BCUT2D eigenvalue weighted by Gasteiger charge is -2.16. The standard InChI is InChI=1S/C30H30N2P2/c1-5-13-27(14-6-1)33(28-15-7-2-8-16-28)25-23-31-21-22-32-24-26-34(29-17-9-3-10-18-29)30-19-11-4-12-20-30/h1-20,23-24H,21-22,25-26H2. The molecule has 0 saturated heterocycles. The van der Waals surface area contributed by atoms with Crippen molar-refractivity contribution in [2.75, 3.05) is 25.4 Å². The van der Waals surface area contributed by atoms with Crippen molar-refractivity contribution in [3.63, 3.8) is 0 Å². The summed E-state index contributed by atoms with van der Waals surface area (Å²) < 4.78 is 0. The molecule has 34 heavy (non-hydrogen) atoms. The van der Waals surface area contributed by atoms with E-state index in [0.29, 0.717) is 0 Å². The van der Waals surface area contributed by atoms with E-state index in [1.54, 1.807) is 0 Å². The van der Waals surface area contributed by atoms with Crippen molar-refractivity contribution < 1.29 is 0 Å². The Labute approximate surface area is 206 Å². The molecule has 0 bridgehead atoms. The second kappa shape index (κ2) is 13.7. The van der Waals surface area contributed by atoms with E-state index in [4.69, 9.17) is 0 Å². The smallest absolute Gasteiger partial charge is 0.0581 e. The molecule has 2 nitrogen and oxygen atoms in total. The van der Waals surface area contributed by atoms with Gasteiger partial charge in [0.15, 0.2) is 0 Å². The fourth-order valence-corrected chi connectivity index (χ4v) is 7.85. The van der Waals surface area contributed by atoms with Gasteiger partial charge in [-0.05, 0) is 37.1 Å². The normalized spacial score (nSPS) is 11.7. The monoisotopic (exact) mass is 480 g/mol. The number of nitrogens with zero attached hydrogens (tertiary/aromatic N) is 2. The van der Waals surface area contributed by atoms with E-state index in [1.165, 1.54) is 21.2 Å². The Kier molecular flexibility index (Phi) is 9.76. The van der Waals surface area contributed by atoms with Crippen LogP contribution < -0.4 is 21.2 Å². The molecule has 4 heteroatoms. The third-order valence-corrected chi connectivity index (χ3v) is 10.2. The Morgan fingerprint density at radius 2 is 0.676 bits per heavy atom. The molecule has 4 aromatic carbocycles. The first kappa shape index (κ1) is 24.2. The van der Waals surface area contributed by atoms with Gasteiger partial charge in [0.05, 0.1) is 13.1 Å². The van der Waals surface area contributed by atoms with Crippen LogP contribution in [0.4, 0.5) is 0 Å². The molecule has 4 rings (SSSR count). The second-order valence-corrected chi connectivity index (χ2v) is 12.2. The van der Waals surface area contributed by atoms with Gasteiger partial charge >= 0.3 is 0 Å². The second-order valence-electron chi connectivity index (χ2n) is 7.74. The molecule has 0 radical (unpaired) electrons. The number of aliphatic imine (C=N–C) groups is 2. The van der Waals surface area contributed by atoms with Crippen molar-refractivity contribution in [2.24, 2.45) is 9.98 Å². The maximum atomic E-state index is 4.68. The fraction of sp³-hybridized carbons (Fsp3) is 0.133. The molecule has 0 aliphatic heterocycles. The van der Waals surface area contributed by atoms with Crippen LogP contribution in [0.15, 0.2) is 131 Å². The lowest BCUT2D eigenvalue weighted by atomic mass is 10.4. The van der Waals surface area contributed by atoms with Crippen molar-refractivity contribution in [1.82, 2.24) is 0 Å². The van der Waals surface area contributed by atoms with Crippen molar-refractivity contribution in [1.29, 1.82) is 0 Å². The third kappa shape index (κ3) is 7.29. The average molecular weight is 481 g/mol. The molecule has 0 N–H and O–H groups in total. The third-order valence-electron chi connectivity index (χ3n) is 5.42. The van der Waals surface area contributed by atoms with E-state index >= 15 is 0 Å².